The summed E-state index contributed by atoms with van der Waals surface area (Å²) in [6.45, 7) is 8.30. The van der Waals surface area contributed by atoms with Crippen LogP contribution in [0, 0.1) is 19.3 Å². The molecule has 1 aromatic carbocycles. The Labute approximate surface area is 102 Å². The van der Waals surface area contributed by atoms with Crippen LogP contribution in [0.4, 0.5) is 5.69 Å². The third kappa shape index (κ3) is 1.90. The zero-order valence-electron chi connectivity index (χ0n) is 11.1. The van der Waals surface area contributed by atoms with Gasteiger partial charge in [0.05, 0.1) is 11.1 Å². The number of anilines is 1. The maximum absolute atomic E-state index is 12.3. The second kappa shape index (κ2) is 3.76. The summed E-state index contributed by atoms with van der Waals surface area (Å²) in [4.78, 5) is 14.0. The molecule has 1 aromatic rings. The third-order valence-electron chi connectivity index (χ3n) is 3.22. The highest BCUT2D eigenvalue weighted by Gasteiger charge is 2.36. The van der Waals surface area contributed by atoms with Crippen LogP contribution in [0.3, 0.4) is 0 Å². The van der Waals surface area contributed by atoms with E-state index in [1.165, 1.54) is 0 Å². The summed E-state index contributed by atoms with van der Waals surface area (Å²) >= 11 is 0. The van der Waals surface area contributed by atoms with E-state index in [9.17, 15) is 4.79 Å². The Kier molecular flexibility index (Phi) is 2.64. The summed E-state index contributed by atoms with van der Waals surface area (Å²) < 4.78 is 5.80. The minimum Gasteiger partial charge on any atom is -0.490 e. The lowest BCUT2D eigenvalue weighted by molar-refractivity contribution is -0.127. The largest absolute Gasteiger partial charge is 0.490 e. The molecule has 0 unspecified atom stereocenters. The number of ether oxygens (including phenoxy) is 1. The maximum Gasteiger partial charge on any atom is 0.235 e. The van der Waals surface area contributed by atoms with E-state index in [-0.39, 0.29) is 5.91 Å². The maximum atomic E-state index is 12.3. The van der Waals surface area contributed by atoms with E-state index >= 15 is 0 Å². The van der Waals surface area contributed by atoms with Crippen molar-refractivity contribution in [2.24, 2.45) is 5.41 Å². The van der Waals surface area contributed by atoms with Crippen LogP contribution in [0.1, 0.15) is 25.0 Å². The van der Waals surface area contributed by atoms with Crippen molar-refractivity contribution in [3.8, 4) is 5.75 Å². The summed E-state index contributed by atoms with van der Waals surface area (Å²) in [5.74, 6) is 0.909. The number of carbonyl (C=O) groups is 1. The number of benzene rings is 1. The molecule has 0 atom stereocenters. The van der Waals surface area contributed by atoms with E-state index in [0.717, 1.165) is 22.6 Å². The fraction of sp³-hybridized carbons (Fsp3) is 0.500. The first-order chi connectivity index (χ1) is 7.83. The van der Waals surface area contributed by atoms with Gasteiger partial charge in [0.2, 0.25) is 5.91 Å². The van der Waals surface area contributed by atoms with Crippen LogP contribution < -0.4 is 9.64 Å². The molecule has 1 aliphatic rings. The zero-order valence-corrected chi connectivity index (χ0v) is 11.1. The molecule has 92 valence electrons. The summed E-state index contributed by atoms with van der Waals surface area (Å²) in [5.41, 5.74) is 2.65. The Balaban J connectivity index is 2.59. The van der Waals surface area contributed by atoms with Crippen molar-refractivity contribution >= 4 is 11.6 Å². The van der Waals surface area contributed by atoms with E-state index in [2.05, 4.69) is 6.07 Å². The number of rotatable bonds is 0. The smallest absolute Gasteiger partial charge is 0.235 e. The highest BCUT2D eigenvalue weighted by molar-refractivity contribution is 5.99. The van der Waals surface area contributed by atoms with Crippen LogP contribution in [0.25, 0.3) is 0 Å². The predicted octanol–water partition coefficient (Wildman–Crippen LogP) is 2.68. The van der Waals surface area contributed by atoms with Gasteiger partial charge in [-0.3, -0.25) is 4.79 Å². The molecule has 2 rings (SSSR count). The average Bonchev–Trinajstić information content (AvgIpc) is 2.30. The summed E-state index contributed by atoms with van der Waals surface area (Å²) in [6, 6.07) is 4.07. The number of aryl methyl sites for hydroxylation is 2. The molecule has 3 heteroatoms. The lowest BCUT2D eigenvalue weighted by Gasteiger charge is -2.25. The van der Waals surface area contributed by atoms with Gasteiger partial charge < -0.3 is 9.64 Å². The molecule has 0 fully saturated rings. The van der Waals surface area contributed by atoms with E-state index in [1.54, 1.807) is 4.90 Å². The molecule has 1 amide bonds. The molecular weight excluding hydrogens is 214 g/mol. The minimum absolute atomic E-state index is 0.100. The molecule has 0 radical (unpaired) electrons. The molecule has 0 bridgehead atoms. The number of hydrogen-bond acceptors (Lipinski definition) is 2. The van der Waals surface area contributed by atoms with Gasteiger partial charge in [-0.05, 0) is 44.9 Å². The van der Waals surface area contributed by atoms with E-state index in [4.69, 9.17) is 4.74 Å². The molecule has 0 spiro atoms. The number of hydrogen-bond donors (Lipinski definition) is 0. The number of fused-ring (bicyclic) bond motifs is 1. The SMILES string of the molecule is Cc1cc(C)c2c(c1)OCC(C)(C)C(=O)N2C. The average molecular weight is 233 g/mol. The summed E-state index contributed by atoms with van der Waals surface area (Å²) in [7, 11) is 1.82. The van der Waals surface area contributed by atoms with Gasteiger partial charge in [0, 0.05) is 7.05 Å². The van der Waals surface area contributed by atoms with Crippen molar-refractivity contribution in [1.82, 2.24) is 0 Å². The Morgan fingerprint density at radius 3 is 2.59 bits per heavy atom. The second-order valence-corrected chi connectivity index (χ2v) is 5.47. The van der Waals surface area contributed by atoms with E-state index in [1.807, 2.05) is 40.8 Å². The fourth-order valence-electron chi connectivity index (χ4n) is 2.34. The van der Waals surface area contributed by atoms with Gasteiger partial charge in [0.1, 0.15) is 12.4 Å². The van der Waals surface area contributed by atoms with E-state index < -0.39 is 5.41 Å². The van der Waals surface area contributed by atoms with Crippen molar-refractivity contribution in [3.05, 3.63) is 23.3 Å². The van der Waals surface area contributed by atoms with E-state index in [0.29, 0.717) is 6.61 Å². The van der Waals surface area contributed by atoms with Gasteiger partial charge in [-0.2, -0.15) is 0 Å². The van der Waals surface area contributed by atoms with Crippen molar-refractivity contribution in [2.75, 3.05) is 18.6 Å². The molecule has 17 heavy (non-hydrogen) atoms. The van der Waals surface area contributed by atoms with Gasteiger partial charge in [-0.25, -0.2) is 0 Å². The Morgan fingerprint density at radius 2 is 1.94 bits per heavy atom. The first kappa shape index (κ1) is 12.0. The van der Waals surface area contributed by atoms with Crippen molar-refractivity contribution in [2.45, 2.75) is 27.7 Å². The first-order valence-corrected chi connectivity index (χ1v) is 5.85. The minimum atomic E-state index is -0.478. The van der Waals surface area contributed by atoms with Gasteiger partial charge in [0.15, 0.2) is 0 Å². The number of carbonyl (C=O) groups excluding carboxylic acids is 1. The molecule has 1 aliphatic heterocycles. The Hall–Kier alpha value is -1.51. The number of amides is 1. The van der Waals surface area contributed by atoms with Gasteiger partial charge in [0.25, 0.3) is 0 Å². The van der Waals surface area contributed by atoms with Crippen molar-refractivity contribution < 1.29 is 9.53 Å². The third-order valence-corrected chi connectivity index (χ3v) is 3.22. The monoisotopic (exact) mass is 233 g/mol. The molecule has 0 N–H and O–H groups in total. The molecule has 0 aliphatic carbocycles. The highest BCUT2D eigenvalue weighted by Crippen LogP contribution is 2.38. The standard InChI is InChI=1S/C14H19NO2/c1-9-6-10(2)12-11(7-9)17-8-14(3,4)13(16)15(12)5/h6-7H,8H2,1-5H3. The fourth-order valence-corrected chi connectivity index (χ4v) is 2.34. The molecule has 1 heterocycles. The molecule has 0 saturated carbocycles. The molecule has 3 nitrogen and oxygen atoms in total. The summed E-state index contributed by atoms with van der Waals surface area (Å²) in [6.07, 6.45) is 0. The van der Waals surface area contributed by atoms with Crippen molar-refractivity contribution in [3.63, 3.8) is 0 Å². The topological polar surface area (TPSA) is 29.5 Å². The first-order valence-electron chi connectivity index (χ1n) is 5.85. The zero-order chi connectivity index (χ0) is 12.8. The predicted molar refractivity (Wildman–Crippen MR) is 68.6 cm³/mol. The lowest BCUT2D eigenvalue weighted by Crippen LogP contribution is -2.40. The van der Waals surface area contributed by atoms with Crippen LogP contribution in [-0.4, -0.2) is 19.6 Å². The Bertz CT molecular complexity index is 477. The quantitative estimate of drug-likeness (QED) is 0.689. The Morgan fingerprint density at radius 1 is 1.29 bits per heavy atom. The van der Waals surface area contributed by atoms with Gasteiger partial charge in [-0.1, -0.05) is 6.07 Å². The normalized spacial score (nSPS) is 18.4. The molecular formula is C14H19NO2. The van der Waals surface area contributed by atoms with Gasteiger partial charge >= 0.3 is 0 Å². The van der Waals surface area contributed by atoms with Crippen LogP contribution >= 0.6 is 0 Å². The van der Waals surface area contributed by atoms with Crippen LogP contribution in [0.15, 0.2) is 12.1 Å². The molecule has 0 saturated heterocycles. The molecule has 0 aromatic heterocycles. The van der Waals surface area contributed by atoms with Crippen LogP contribution in [0.2, 0.25) is 0 Å². The highest BCUT2D eigenvalue weighted by atomic mass is 16.5. The van der Waals surface area contributed by atoms with Gasteiger partial charge in [-0.15, -0.1) is 0 Å². The van der Waals surface area contributed by atoms with Crippen LogP contribution in [-0.2, 0) is 4.79 Å². The van der Waals surface area contributed by atoms with Crippen molar-refractivity contribution in [1.29, 1.82) is 0 Å². The second-order valence-electron chi connectivity index (χ2n) is 5.47. The number of nitrogens with zero attached hydrogens (tertiary/aromatic N) is 1. The van der Waals surface area contributed by atoms with Crippen LogP contribution in [0.5, 0.6) is 5.75 Å². The lowest BCUT2D eigenvalue weighted by atomic mass is 9.93. The summed E-state index contributed by atoms with van der Waals surface area (Å²) in [5, 5.41) is 0.